The molecular weight excluding hydrogens is 290 g/mol. The predicted octanol–water partition coefficient (Wildman–Crippen LogP) is 1.27. The van der Waals surface area contributed by atoms with Gasteiger partial charge in [0.25, 0.3) is 0 Å². The average Bonchev–Trinajstić information content (AvgIpc) is 2.84. The summed E-state index contributed by atoms with van der Waals surface area (Å²) in [5, 5.41) is 0.635. The van der Waals surface area contributed by atoms with Crippen molar-refractivity contribution in [3.63, 3.8) is 0 Å². The molecule has 3 rings (SSSR count). The summed E-state index contributed by atoms with van der Waals surface area (Å²) in [5.74, 6) is 0. The molecule has 7 heteroatoms. The Hall–Kier alpha value is -1.70. The normalized spacial score (nSPS) is 22.7. The second-order valence-corrected chi connectivity index (χ2v) is 6.83. The first-order valence-electron chi connectivity index (χ1n) is 6.76. The lowest BCUT2D eigenvalue weighted by Crippen LogP contribution is -2.39. The number of sulfonamides is 1. The first-order valence-corrected chi connectivity index (χ1v) is 8.24. The minimum absolute atomic E-state index is 0.132. The molecule has 21 heavy (non-hydrogen) atoms. The Kier molecular flexibility index (Phi) is 3.56. The molecule has 1 aliphatic rings. The van der Waals surface area contributed by atoms with E-state index >= 15 is 0 Å². The number of pyridine rings is 1. The van der Waals surface area contributed by atoms with Crippen LogP contribution in [0.3, 0.4) is 0 Å². The highest BCUT2D eigenvalue weighted by molar-refractivity contribution is 7.89. The van der Waals surface area contributed by atoms with Crippen molar-refractivity contribution in [2.45, 2.75) is 30.4 Å². The molecule has 1 fully saturated rings. The summed E-state index contributed by atoms with van der Waals surface area (Å²) in [6, 6.07) is 6.36. The van der Waals surface area contributed by atoms with E-state index in [1.54, 1.807) is 24.4 Å². The number of benzene rings is 1. The standard InChI is InChI=1S/C14H17N3O3S/c1-9-12(6-8-20-9)17-21(18,19)13-5-4-11(15)10-3-2-7-16-14(10)13/h2-5,7,9,12,17H,6,8,15H2,1H3. The molecule has 0 amide bonds. The van der Waals surface area contributed by atoms with E-state index in [-0.39, 0.29) is 17.0 Å². The molecule has 0 bridgehead atoms. The third-order valence-electron chi connectivity index (χ3n) is 3.74. The van der Waals surface area contributed by atoms with Crippen LogP contribution in [0.1, 0.15) is 13.3 Å². The van der Waals surface area contributed by atoms with Crippen LogP contribution in [0, 0.1) is 0 Å². The third kappa shape index (κ3) is 2.59. The van der Waals surface area contributed by atoms with Crippen molar-refractivity contribution in [1.29, 1.82) is 0 Å². The summed E-state index contributed by atoms with van der Waals surface area (Å²) < 4.78 is 33.3. The van der Waals surface area contributed by atoms with E-state index in [0.29, 0.717) is 29.6 Å². The second kappa shape index (κ2) is 5.25. The van der Waals surface area contributed by atoms with E-state index in [1.807, 2.05) is 6.92 Å². The summed E-state index contributed by atoms with van der Waals surface area (Å²) in [7, 11) is -3.67. The van der Waals surface area contributed by atoms with E-state index in [4.69, 9.17) is 10.5 Å². The Morgan fingerprint density at radius 3 is 2.90 bits per heavy atom. The number of nitrogen functional groups attached to an aromatic ring is 1. The van der Waals surface area contributed by atoms with Gasteiger partial charge >= 0.3 is 0 Å². The van der Waals surface area contributed by atoms with Gasteiger partial charge in [0.1, 0.15) is 4.90 Å². The zero-order valence-electron chi connectivity index (χ0n) is 11.6. The smallest absolute Gasteiger partial charge is 0.243 e. The summed E-state index contributed by atoms with van der Waals surface area (Å²) in [5.41, 5.74) is 6.77. The van der Waals surface area contributed by atoms with Crippen LogP contribution in [0.15, 0.2) is 35.4 Å². The molecule has 0 saturated carbocycles. The van der Waals surface area contributed by atoms with Crippen molar-refractivity contribution in [3.05, 3.63) is 30.5 Å². The topological polar surface area (TPSA) is 94.3 Å². The van der Waals surface area contributed by atoms with Gasteiger partial charge in [0.2, 0.25) is 10.0 Å². The van der Waals surface area contributed by atoms with Gasteiger partial charge in [-0.3, -0.25) is 4.98 Å². The fourth-order valence-electron chi connectivity index (χ4n) is 2.53. The second-order valence-electron chi connectivity index (χ2n) is 5.14. The van der Waals surface area contributed by atoms with Crippen LogP contribution in [0.2, 0.25) is 0 Å². The Labute approximate surface area is 123 Å². The van der Waals surface area contributed by atoms with Crippen molar-refractivity contribution in [1.82, 2.24) is 9.71 Å². The predicted molar refractivity (Wildman–Crippen MR) is 80.3 cm³/mol. The summed E-state index contributed by atoms with van der Waals surface area (Å²) in [6.45, 7) is 2.43. The number of rotatable bonds is 3. The molecule has 6 nitrogen and oxygen atoms in total. The molecule has 2 heterocycles. The molecule has 1 aromatic carbocycles. The molecule has 3 N–H and O–H groups in total. The van der Waals surface area contributed by atoms with Gasteiger partial charge in [-0.1, -0.05) is 0 Å². The molecule has 0 aliphatic carbocycles. The van der Waals surface area contributed by atoms with Crippen LogP contribution in [0.4, 0.5) is 5.69 Å². The Bertz CT molecular complexity index is 776. The zero-order valence-corrected chi connectivity index (χ0v) is 12.4. The molecule has 1 aromatic heterocycles. The molecule has 0 radical (unpaired) electrons. The molecule has 1 aliphatic heterocycles. The van der Waals surface area contributed by atoms with Crippen LogP contribution in [-0.4, -0.2) is 32.2 Å². The third-order valence-corrected chi connectivity index (χ3v) is 5.26. The van der Waals surface area contributed by atoms with Crippen LogP contribution < -0.4 is 10.5 Å². The number of fused-ring (bicyclic) bond motifs is 1. The van der Waals surface area contributed by atoms with Crippen LogP contribution in [-0.2, 0) is 14.8 Å². The van der Waals surface area contributed by atoms with Gasteiger partial charge in [-0.05, 0) is 37.6 Å². The van der Waals surface area contributed by atoms with E-state index in [2.05, 4.69) is 9.71 Å². The van der Waals surface area contributed by atoms with Gasteiger partial charge in [-0.25, -0.2) is 13.1 Å². The monoisotopic (exact) mass is 307 g/mol. The lowest BCUT2D eigenvalue weighted by atomic mass is 10.2. The number of hydrogen-bond acceptors (Lipinski definition) is 5. The Morgan fingerprint density at radius 1 is 1.38 bits per heavy atom. The van der Waals surface area contributed by atoms with Crippen LogP contribution in [0.25, 0.3) is 10.9 Å². The number of hydrogen-bond donors (Lipinski definition) is 2. The number of aromatic nitrogens is 1. The fourth-order valence-corrected chi connectivity index (χ4v) is 4.03. The maximum absolute atomic E-state index is 12.6. The average molecular weight is 307 g/mol. The van der Waals surface area contributed by atoms with Crippen molar-refractivity contribution in [2.75, 3.05) is 12.3 Å². The summed E-state index contributed by atoms with van der Waals surface area (Å²) >= 11 is 0. The maximum atomic E-state index is 12.6. The molecule has 112 valence electrons. The number of ether oxygens (including phenoxy) is 1. The van der Waals surface area contributed by atoms with E-state index in [0.717, 1.165) is 0 Å². The first kappa shape index (κ1) is 14.2. The molecule has 0 spiro atoms. The molecular formula is C14H17N3O3S. The quantitative estimate of drug-likeness (QED) is 0.833. The summed E-state index contributed by atoms with van der Waals surface area (Å²) in [6.07, 6.45) is 2.09. The highest BCUT2D eigenvalue weighted by Crippen LogP contribution is 2.26. The SMILES string of the molecule is CC1OCCC1NS(=O)(=O)c1ccc(N)c2cccnc12. The van der Waals surface area contributed by atoms with Gasteiger partial charge in [0.15, 0.2) is 0 Å². The fraction of sp³-hybridized carbons (Fsp3) is 0.357. The van der Waals surface area contributed by atoms with E-state index < -0.39 is 10.0 Å². The highest BCUT2D eigenvalue weighted by Gasteiger charge is 2.30. The van der Waals surface area contributed by atoms with Gasteiger partial charge < -0.3 is 10.5 Å². The number of nitrogens with two attached hydrogens (primary N) is 1. The van der Waals surface area contributed by atoms with Gasteiger partial charge in [-0.2, -0.15) is 0 Å². The van der Waals surface area contributed by atoms with Gasteiger partial charge in [0, 0.05) is 23.9 Å². The first-order chi connectivity index (χ1) is 9.99. The molecule has 1 saturated heterocycles. The van der Waals surface area contributed by atoms with Crippen molar-refractivity contribution in [3.8, 4) is 0 Å². The van der Waals surface area contributed by atoms with E-state index in [1.165, 1.54) is 6.07 Å². The van der Waals surface area contributed by atoms with Crippen molar-refractivity contribution >= 4 is 26.6 Å². The van der Waals surface area contributed by atoms with Crippen LogP contribution in [0.5, 0.6) is 0 Å². The zero-order chi connectivity index (χ0) is 15.0. The number of nitrogens with one attached hydrogen (secondary N) is 1. The van der Waals surface area contributed by atoms with Gasteiger partial charge in [0.05, 0.1) is 17.7 Å². The van der Waals surface area contributed by atoms with Crippen LogP contribution >= 0.6 is 0 Å². The largest absolute Gasteiger partial charge is 0.398 e. The maximum Gasteiger partial charge on any atom is 0.243 e. The number of anilines is 1. The Morgan fingerprint density at radius 2 is 2.19 bits per heavy atom. The van der Waals surface area contributed by atoms with Crippen molar-refractivity contribution in [2.24, 2.45) is 0 Å². The number of nitrogens with zero attached hydrogens (tertiary/aromatic N) is 1. The minimum Gasteiger partial charge on any atom is -0.398 e. The molecule has 2 unspecified atom stereocenters. The van der Waals surface area contributed by atoms with Gasteiger partial charge in [-0.15, -0.1) is 0 Å². The van der Waals surface area contributed by atoms with Crippen molar-refractivity contribution < 1.29 is 13.2 Å². The lowest BCUT2D eigenvalue weighted by Gasteiger charge is -2.17. The molecule has 2 atom stereocenters. The Balaban J connectivity index is 2.05. The summed E-state index contributed by atoms with van der Waals surface area (Å²) in [4.78, 5) is 4.32. The minimum atomic E-state index is -3.67. The lowest BCUT2D eigenvalue weighted by molar-refractivity contribution is 0.117. The highest BCUT2D eigenvalue weighted by atomic mass is 32.2. The molecule has 2 aromatic rings. The van der Waals surface area contributed by atoms with E-state index in [9.17, 15) is 8.42 Å².